The van der Waals surface area contributed by atoms with Gasteiger partial charge in [0.15, 0.2) is 0 Å². The Bertz CT molecular complexity index is 134. The smallest absolute Gasteiger partial charge is 0.0257 e. The number of piperazine rings is 1. The molecule has 80 valence electrons. The van der Waals surface area contributed by atoms with Crippen LogP contribution in [0.15, 0.2) is 0 Å². The highest BCUT2D eigenvalue weighted by molar-refractivity contribution is 4.96. The third-order valence-corrected chi connectivity index (χ3v) is 2.01. The first-order valence-corrected chi connectivity index (χ1v) is 5.29. The van der Waals surface area contributed by atoms with Crippen molar-refractivity contribution in [1.29, 1.82) is 0 Å². The van der Waals surface area contributed by atoms with Gasteiger partial charge in [0.1, 0.15) is 0 Å². The quantitative estimate of drug-likeness (QED) is 0.623. The van der Waals surface area contributed by atoms with E-state index in [0.717, 1.165) is 13.1 Å². The van der Waals surface area contributed by atoms with E-state index in [-0.39, 0.29) is 11.1 Å². The van der Waals surface area contributed by atoms with Crippen molar-refractivity contribution in [2.75, 3.05) is 20.1 Å². The Balaban J connectivity index is 0.000000671. The Labute approximate surface area is 83.7 Å². The first-order valence-electron chi connectivity index (χ1n) is 5.29. The summed E-state index contributed by atoms with van der Waals surface area (Å²) in [6.07, 6.45) is 0. The molecule has 1 N–H and O–H groups in total. The molecule has 0 amide bonds. The molecule has 1 saturated heterocycles. The summed E-state index contributed by atoms with van der Waals surface area (Å²) in [5.41, 5.74) is 0.521. The highest BCUT2D eigenvalue weighted by Crippen LogP contribution is 2.18. The van der Waals surface area contributed by atoms with Gasteiger partial charge in [0.2, 0.25) is 0 Å². The summed E-state index contributed by atoms with van der Waals surface area (Å²) < 4.78 is 0. The van der Waals surface area contributed by atoms with Crippen molar-refractivity contribution in [3.8, 4) is 0 Å². The summed E-state index contributed by atoms with van der Waals surface area (Å²) in [5.74, 6) is 0. The minimum atomic E-state index is 0.260. The molecule has 0 aliphatic carbocycles. The van der Waals surface area contributed by atoms with Crippen molar-refractivity contribution in [2.24, 2.45) is 0 Å². The predicted molar refractivity (Wildman–Crippen MR) is 60.1 cm³/mol. The zero-order valence-electron chi connectivity index (χ0n) is 10.4. The van der Waals surface area contributed by atoms with E-state index in [1.165, 1.54) is 0 Å². The number of nitrogens with one attached hydrogen (secondary N) is 1. The van der Waals surface area contributed by atoms with Crippen molar-refractivity contribution in [1.82, 2.24) is 10.2 Å². The first-order chi connectivity index (χ1) is 5.81. The highest BCUT2D eigenvalue weighted by atomic mass is 15.2. The number of nitrogens with zero attached hydrogens (tertiary/aromatic N) is 1. The molecule has 0 aromatic rings. The van der Waals surface area contributed by atoms with Gasteiger partial charge in [0.25, 0.3) is 0 Å². The van der Waals surface area contributed by atoms with E-state index in [1.807, 2.05) is 13.8 Å². The van der Waals surface area contributed by atoms with Gasteiger partial charge >= 0.3 is 0 Å². The van der Waals surface area contributed by atoms with Crippen molar-refractivity contribution in [3.05, 3.63) is 0 Å². The second-order valence-electron chi connectivity index (χ2n) is 5.07. The van der Waals surface area contributed by atoms with Crippen molar-refractivity contribution in [2.45, 2.75) is 52.6 Å². The van der Waals surface area contributed by atoms with Crippen LogP contribution in [0.25, 0.3) is 0 Å². The molecule has 1 aliphatic rings. The third-order valence-electron chi connectivity index (χ3n) is 2.01. The molecule has 13 heavy (non-hydrogen) atoms. The number of likely N-dealkylation sites (N-methyl/N-ethyl adjacent to an activating group) is 1. The summed E-state index contributed by atoms with van der Waals surface area (Å²) >= 11 is 0. The van der Waals surface area contributed by atoms with Crippen LogP contribution in [0.5, 0.6) is 0 Å². The van der Waals surface area contributed by atoms with Crippen LogP contribution in [0, 0.1) is 0 Å². The van der Waals surface area contributed by atoms with Crippen LogP contribution in [0.3, 0.4) is 0 Å². The molecule has 1 fully saturated rings. The van der Waals surface area contributed by atoms with Crippen LogP contribution in [0.1, 0.15) is 41.5 Å². The van der Waals surface area contributed by atoms with Crippen LogP contribution >= 0.6 is 0 Å². The summed E-state index contributed by atoms with van der Waals surface area (Å²) in [4.78, 5) is 2.39. The van der Waals surface area contributed by atoms with Crippen LogP contribution in [-0.2, 0) is 0 Å². The fourth-order valence-corrected chi connectivity index (χ4v) is 2.40. The van der Waals surface area contributed by atoms with Gasteiger partial charge in [-0.3, -0.25) is 0 Å². The SMILES string of the molecule is CC.CN1CC(C)(C)NC(C)(C)C1. The van der Waals surface area contributed by atoms with Gasteiger partial charge < -0.3 is 10.2 Å². The number of hydrogen-bond donors (Lipinski definition) is 1. The van der Waals surface area contributed by atoms with Crippen molar-refractivity contribution in [3.63, 3.8) is 0 Å². The standard InChI is InChI=1S/C9H20N2.C2H6/c1-8(2)6-11(5)7-9(3,4)10-8;1-2/h10H,6-7H2,1-5H3;1-2H3. The highest BCUT2D eigenvalue weighted by Gasteiger charge is 2.34. The molecule has 0 unspecified atom stereocenters. The van der Waals surface area contributed by atoms with Crippen molar-refractivity contribution < 1.29 is 0 Å². The molecule has 2 nitrogen and oxygen atoms in total. The molecule has 0 spiro atoms. The summed E-state index contributed by atoms with van der Waals surface area (Å²) in [5, 5.41) is 3.62. The van der Waals surface area contributed by atoms with E-state index in [0.29, 0.717) is 0 Å². The maximum absolute atomic E-state index is 3.62. The molecule has 2 heteroatoms. The van der Waals surface area contributed by atoms with Gasteiger partial charge in [-0.15, -0.1) is 0 Å². The largest absolute Gasteiger partial charge is 0.304 e. The lowest BCUT2D eigenvalue weighted by Crippen LogP contribution is -2.65. The lowest BCUT2D eigenvalue weighted by Gasteiger charge is -2.47. The minimum Gasteiger partial charge on any atom is -0.304 e. The van der Waals surface area contributed by atoms with Crippen LogP contribution in [-0.4, -0.2) is 36.1 Å². The van der Waals surface area contributed by atoms with E-state index in [1.54, 1.807) is 0 Å². The molecule has 1 heterocycles. The monoisotopic (exact) mass is 186 g/mol. The summed E-state index contributed by atoms with van der Waals surface area (Å²) in [6, 6.07) is 0. The fraction of sp³-hybridized carbons (Fsp3) is 1.00. The maximum atomic E-state index is 3.62. The van der Waals surface area contributed by atoms with Crippen LogP contribution in [0.2, 0.25) is 0 Å². The van der Waals surface area contributed by atoms with Gasteiger partial charge in [0.05, 0.1) is 0 Å². The molecule has 0 aromatic heterocycles. The Morgan fingerprint density at radius 2 is 1.23 bits per heavy atom. The van der Waals surface area contributed by atoms with E-state index in [4.69, 9.17) is 0 Å². The Morgan fingerprint density at radius 1 is 0.923 bits per heavy atom. The van der Waals surface area contributed by atoms with Gasteiger partial charge in [-0.25, -0.2) is 0 Å². The second kappa shape index (κ2) is 4.43. The third kappa shape index (κ3) is 4.63. The Morgan fingerprint density at radius 3 is 1.46 bits per heavy atom. The first kappa shape index (κ1) is 12.9. The molecule has 0 atom stereocenters. The lowest BCUT2D eigenvalue weighted by atomic mass is 9.92. The van der Waals surface area contributed by atoms with Gasteiger partial charge in [-0.2, -0.15) is 0 Å². The lowest BCUT2D eigenvalue weighted by molar-refractivity contribution is 0.0987. The Kier molecular flexibility index (Phi) is 4.40. The molecule has 0 bridgehead atoms. The van der Waals surface area contributed by atoms with Crippen LogP contribution in [0.4, 0.5) is 0 Å². The molecule has 1 aliphatic heterocycles. The molecular weight excluding hydrogens is 160 g/mol. The van der Waals surface area contributed by atoms with Gasteiger partial charge in [0, 0.05) is 24.2 Å². The van der Waals surface area contributed by atoms with E-state index < -0.39 is 0 Å². The number of hydrogen-bond acceptors (Lipinski definition) is 2. The minimum absolute atomic E-state index is 0.260. The van der Waals surface area contributed by atoms with Gasteiger partial charge in [-0.05, 0) is 34.7 Å². The molecule has 1 rings (SSSR count). The zero-order valence-corrected chi connectivity index (χ0v) is 10.4. The van der Waals surface area contributed by atoms with Crippen molar-refractivity contribution >= 4 is 0 Å². The normalized spacial score (nSPS) is 26.1. The average molecular weight is 186 g/mol. The predicted octanol–water partition coefficient (Wildman–Crippen LogP) is 2.10. The molecular formula is C11H26N2. The maximum Gasteiger partial charge on any atom is 0.0257 e. The summed E-state index contributed by atoms with van der Waals surface area (Å²) in [6.45, 7) is 15.3. The molecule has 0 radical (unpaired) electrons. The van der Waals surface area contributed by atoms with E-state index >= 15 is 0 Å². The van der Waals surface area contributed by atoms with E-state index in [9.17, 15) is 0 Å². The van der Waals surface area contributed by atoms with Gasteiger partial charge in [-0.1, -0.05) is 13.8 Å². The average Bonchev–Trinajstić information content (AvgIpc) is 1.82. The fourth-order valence-electron chi connectivity index (χ4n) is 2.40. The topological polar surface area (TPSA) is 15.3 Å². The van der Waals surface area contributed by atoms with Crippen LogP contribution < -0.4 is 5.32 Å². The Hall–Kier alpha value is -0.0800. The second-order valence-corrected chi connectivity index (χ2v) is 5.07. The molecule has 0 saturated carbocycles. The summed E-state index contributed by atoms with van der Waals surface area (Å²) in [7, 11) is 2.18. The molecule has 0 aromatic carbocycles. The zero-order chi connectivity index (χ0) is 10.7. The van der Waals surface area contributed by atoms with E-state index in [2.05, 4.69) is 45.0 Å². The number of rotatable bonds is 0.